The smallest absolute Gasteiger partial charge is 0.180 e. The van der Waals surface area contributed by atoms with Crippen molar-refractivity contribution in [2.24, 2.45) is 0 Å². The molecule has 0 spiro atoms. The third kappa shape index (κ3) is 2.01. The van der Waals surface area contributed by atoms with Gasteiger partial charge in [-0.25, -0.2) is 14.4 Å². The van der Waals surface area contributed by atoms with Crippen LogP contribution in [0.4, 0.5) is 10.2 Å². The highest BCUT2D eigenvalue weighted by atomic mass is 19.1. The first-order chi connectivity index (χ1) is 9.56. The first kappa shape index (κ1) is 12.6. The SMILES string of the molecule is Cc1cccc(-c2nc3nc(N(C)C)ccc3[nH]2)c1F. The van der Waals surface area contributed by atoms with Crippen molar-refractivity contribution in [2.75, 3.05) is 19.0 Å². The maximum atomic E-state index is 14.1. The molecular weight excluding hydrogens is 255 g/mol. The molecule has 0 aliphatic heterocycles. The van der Waals surface area contributed by atoms with E-state index in [1.807, 2.05) is 37.2 Å². The van der Waals surface area contributed by atoms with E-state index >= 15 is 0 Å². The van der Waals surface area contributed by atoms with Gasteiger partial charge < -0.3 is 9.88 Å². The molecule has 3 rings (SSSR count). The summed E-state index contributed by atoms with van der Waals surface area (Å²) in [5, 5.41) is 0. The predicted molar refractivity (Wildman–Crippen MR) is 78.3 cm³/mol. The molecule has 0 saturated heterocycles. The number of hydrogen-bond donors (Lipinski definition) is 1. The number of halogens is 1. The highest BCUT2D eigenvalue weighted by Crippen LogP contribution is 2.25. The zero-order chi connectivity index (χ0) is 14.3. The highest BCUT2D eigenvalue weighted by molar-refractivity contribution is 5.77. The molecule has 20 heavy (non-hydrogen) atoms. The zero-order valence-corrected chi connectivity index (χ0v) is 11.6. The second kappa shape index (κ2) is 4.59. The molecule has 0 bridgehead atoms. The average Bonchev–Trinajstić information content (AvgIpc) is 2.84. The van der Waals surface area contributed by atoms with Gasteiger partial charge in [0.05, 0.1) is 11.1 Å². The summed E-state index contributed by atoms with van der Waals surface area (Å²) in [5.74, 6) is 1.07. The van der Waals surface area contributed by atoms with Gasteiger partial charge in [-0.15, -0.1) is 0 Å². The van der Waals surface area contributed by atoms with Crippen molar-refractivity contribution in [3.63, 3.8) is 0 Å². The summed E-state index contributed by atoms with van der Waals surface area (Å²) in [7, 11) is 3.84. The second-order valence-electron chi connectivity index (χ2n) is 4.96. The van der Waals surface area contributed by atoms with Crippen LogP contribution in [0.3, 0.4) is 0 Å². The Balaban J connectivity index is 2.15. The second-order valence-corrected chi connectivity index (χ2v) is 4.96. The summed E-state index contributed by atoms with van der Waals surface area (Å²) in [6.45, 7) is 1.74. The molecule has 3 aromatic rings. The predicted octanol–water partition coefficient (Wildman–Crippen LogP) is 3.14. The maximum absolute atomic E-state index is 14.1. The third-order valence-electron chi connectivity index (χ3n) is 3.24. The molecule has 1 N–H and O–H groups in total. The van der Waals surface area contributed by atoms with Crippen molar-refractivity contribution in [3.05, 3.63) is 41.7 Å². The Hall–Kier alpha value is -2.43. The van der Waals surface area contributed by atoms with E-state index in [9.17, 15) is 4.39 Å². The summed E-state index contributed by atoms with van der Waals surface area (Å²) in [4.78, 5) is 13.8. The molecule has 2 aromatic heterocycles. The van der Waals surface area contributed by atoms with E-state index in [2.05, 4.69) is 15.0 Å². The lowest BCUT2D eigenvalue weighted by Crippen LogP contribution is -2.10. The Morgan fingerprint density at radius 2 is 1.90 bits per heavy atom. The molecule has 0 aliphatic carbocycles. The maximum Gasteiger partial charge on any atom is 0.180 e. The molecule has 0 unspecified atom stereocenters. The Labute approximate surface area is 116 Å². The molecule has 0 aliphatic rings. The number of imidazole rings is 1. The molecule has 1 aromatic carbocycles. The average molecular weight is 270 g/mol. The van der Waals surface area contributed by atoms with E-state index in [4.69, 9.17) is 0 Å². The summed E-state index contributed by atoms with van der Waals surface area (Å²) in [5.41, 5.74) is 2.46. The van der Waals surface area contributed by atoms with Crippen molar-refractivity contribution in [3.8, 4) is 11.4 Å². The molecule has 0 radical (unpaired) electrons. The number of benzene rings is 1. The molecule has 0 amide bonds. The van der Waals surface area contributed by atoms with Crippen LogP contribution in [0.25, 0.3) is 22.6 Å². The van der Waals surface area contributed by atoms with Gasteiger partial charge in [-0.3, -0.25) is 0 Å². The van der Waals surface area contributed by atoms with Crippen molar-refractivity contribution < 1.29 is 4.39 Å². The van der Waals surface area contributed by atoms with Gasteiger partial charge in [-0.05, 0) is 30.7 Å². The Morgan fingerprint density at radius 3 is 2.65 bits per heavy atom. The molecule has 0 atom stereocenters. The molecule has 0 saturated carbocycles. The first-order valence-electron chi connectivity index (χ1n) is 6.36. The summed E-state index contributed by atoms with van der Waals surface area (Å²) in [6.07, 6.45) is 0. The monoisotopic (exact) mass is 270 g/mol. The lowest BCUT2D eigenvalue weighted by Gasteiger charge is -2.09. The van der Waals surface area contributed by atoms with Crippen LogP contribution in [0, 0.1) is 12.7 Å². The van der Waals surface area contributed by atoms with E-state index in [0.717, 1.165) is 11.3 Å². The van der Waals surface area contributed by atoms with Crippen LogP contribution < -0.4 is 4.90 Å². The fraction of sp³-hybridized carbons (Fsp3) is 0.200. The number of aromatic nitrogens is 3. The van der Waals surface area contributed by atoms with E-state index in [1.54, 1.807) is 19.1 Å². The topological polar surface area (TPSA) is 44.8 Å². The van der Waals surface area contributed by atoms with E-state index < -0.39 is 0 Å². The summed E-state index contributed by atoms with van der Waals surface area (Å²) < 4.78 is 14.1. The molecule has 2 heterocycles. The fourth-order valence-electron chi connectivity index (χ4n) is 2.09. The largest absolute Gasteiger partial charge is 0.363 e. The minimum absolute atomic E-state index is 0.251. The van der Waals surface area contributed by atoms with Crippen LogP contribution in [0.2, 0.25) is 0 Å². The number of pyridine rings is 1. The number of anilines is 1. The number of nitrogens with one attached hydrogen (secondary N) is 1. The number of nitrogens with zero attached hydrogens (tertiary/aromatic N) is 3. The molecule has 5 heteroatoms. The van der Waals surface area contributed by atoms with E-state index in [1.165, 1.54) is 0 Å². The van der Waals surface area contributed by atoms with Gasteiger partial charge in [0.2, 0.25) is 0 Å². The van der Waals surface area contributed by atoms with Gasteiger partial charge >= 0.3 is 0 Å². The number of H-pyrrole nitrogens is 1. The summed E-state index contributed by atoms with van der Waals surface area (Å²) in [6, 6.07) is 9.08. The van der Waals surface area contributed by atoms with Crippen molar-refractivity contribution in [2.45, 2.75) is 6.92 Å². The molecule has 4 nitrogen and oxygen atoms in total. The molecular formula is C15H15FN4. The quantitative estimate of drug-likeness (QED) is 0.778. The number of rotatable bonds is 2. The minimum Gasteiger partial charge on any atom is -0.363 e. The van der Waals surface area contributed by atoms with Gasteiger partial charge in [-0.2, -0.15) is 0 Å². The van der Waals surface area contributed by atoms with Crippen molar-refractivity contribution in [1.82, 2.24) is 15.0 Å². The van der Waals surface area contributed by atoms with Crippen LogP contribution in [0.15, 0.2) is 30.3 Å². The Bertz CT molecular complexity index is 777. The van der Waals surface area contributed by atoms with Gasteiger partial charge in [0.25, 0.3) is 0 Å². The van der Waals surface area contributed by atoms with Crippen LogP contribution in [-0.4, -0.2) is 29.0 Å². The minimum atomic E-state index is -0.251. The third-order valence-corrected chi connectivity index (χ3v) is 3.24. The van der Waals surface area contributed by atoms with Gasteiger partial charge in [-0.1, -0.05) is 12.1 Å². The van der Waals surface area contributed by atoms with E-state index in [0.29, 0.717) is 22.6 Å². The first-order valence-corrected chi connectivity index (χ1v) is 6.36. The molecule has 0 fully saturated rings. The number of aryl methyl sites for hydroxylation is 1. The van der Waals surface area contributed by atoms with Crippen LogP contribution >= 0.6 is 0 Å². The number of aromatic amines is 1. The van der Waals surface area contributed by atoms with Crippen LogP contribution in [0.5, 0.6) is 0 Å². The van der Waals surface area contributed by atoms with Crippen molar-refractivity contribution >= 4 is 17.0 Å². The lowest BCUT2D eigenvalue weighted by molar-refractivity contribution is 0.621. The van der Waals surface area contributed by atoms with Crippen LogP contribution in [0.1, 0.15) is 5.56 Å². The van der Waals surface area contributed by atoms with Crippen molar-refractivity contribution in [1.29, 1.82) is 0 Å². The fourth-order valence-corrected chi connectivity index (χ4v) is 2.09. The zero-order valence-electron chi connectivity index (χ0n) is 11.6. The Morgan fingerprint density at radius 1 is 1.10 bits per heavy atom. The van der Waals surface area contributed by atoms with E-state index in [-0.39, 0.29) is 5.82 Å². The number of hydrogen-bond acceptors (Lipinski definition) is 3. The van der Waals surface area contributed by atoms with Gasteiger partial charge in [0.15, 0.2) is 5.65 Å². The van der Waals surface area contributed by atoms with Gasteiger partial charge in [0, 0.05) is 14.1 Å². The number of fused-ring (bicyclic) bond motifs is 1. The Kier molecular flexibility index (Phi) is 2.89. The normalized spacial score (nSPS) is 11.0. The lowest BCUT2D eigenvalue weighted by atomic mass is 10.1. The summed E-state index contributed by atoms with van der Waals surface area (Å²) >= 11 is 0. The molecule has 102 valence electrons. The van der Waals surface area contributed by atoms with Gasteiger partial charge in [0.1, 0.15) is 17.5 Å². The standard InChI is InChI=1S/C15H15FN4/c1-9-5-4-6-10(13(9)16)14-17-11-7-8-12(20(2)3)18-15(11)19-14/h4-8H,1-3H3,(H,17,18,19). The van der Waals surface area contributed by atoms with Crippen LogP contribution in [-0.2, 0) is 0 Å². The highest BCUT2D eigenvalue weighted by Gasteiger charge is 2.12.